The largest absolute Gasteiger partial charge is 0.469 e. The zero-order valence-electron chi connectivity index (χ0n) is 16.3. The van der Waals surface area contributed by atoms with E-state index in [-0.39, 0.29) is 11.4 Å². The van der Waals surface area contributed by atoms with Gasteiger partial charge in [-0.1, -0.05) is 62.7 Å². The maximum atomic E-state index is 12.6. The molecule has 3 rings (SSSR count). The fourth-order valence-corrected chi connectivity index (χ4v) is 3.54. The Balaban J connectivity index is 2.15. The summed E-state index contributed by atoms with van der Waals surface area (Å²) in [4.78, 5) is 17.2. The Kier molecular flexibility index (Phi) is 5.24. The molecule has 0 spiro atoms. The van der Waals surface area contributed by atoms with E-state index in [0.717, 1.165) is 11.3 Å². The highest BCUT2D eigenvalue weighted by atomic mass is 35.5. The Bertz CT molecular complexity index is 974. The molecule has 1 atom stereocenters. The van der Waals surface area contributed by atoms with E-state index in [4.69, 9.17) is 16.3 Å². The Morgan fingerprint density at radius 3 is 2.52 bits per heavy atom. The number of aromatic nitrogens is 3. The Morgan fingerprint density at radius 2 is 1.93 bits per heavy atom. The van der Waals surface area contributed by atoms with Crippen LogP contribution in [0.1, 0.15) is 49.2 Å². The molecular formula is C21H24ClN3O2. The molecule has 5 nitrogen and oxygen atoms in total. The predicted molar refractivity (Wildman–Crippen MR) is 106 cm³/mol. The van der Waals surface area contributed by atoms with E-state index in [1.54, 1.807) is 4.52 Å². The number of hydrogen-bond donors (Lipinski definition) is 0. The lowest BCUT2D eigenvalue weighted by Crippen LogP contribution is -2.20. The minimum Gasteiger partial charge on any atom is -0.469 e. The molecule has 0 aliphatic rings. The minimum atomic E-state index is -0.552. The second-order valence-electron chi connectivity index (χ2n) is 7.72. The highest BCUT2D eigenvalue weighted by Gasteiger charge is 2.29. The quantitative estimate of drug-likeness (QED) is 0.490. The maximum Gasteiger partial charge on any atom is 0.313 e. The summed E-state index contributed by atoms with van der Waals surface area (Å²) < 4.78 is 6.68. The standard InChI is InChI=1S/C21H24ClN3O2/c1-13-18(15(20(26)27-5)11-14-9-7-6-8-10-14)19(22)25-17(23-13)12-16(24-25)21(2,3)4/h6-10,12,15H,11H2,1-5H3. The summed E-state index contributed by atoms with van der Waals surface area (Å²) in [7, 11) is 1.39. The molecule has 142 valence electrons. The second kappa shape index (κ2) is 7.31. The lowest BCUT2D eigenvalue weighted by molar-refractivity contribution is -0.142. The van der Waals surface area contributed by atoms with Gasteiger partial charge in [0.2, 0.25) is 0 Å². The number of aryl methyl sites for hydroxylation is 1. The molecule has 0 aliphatic carbocycles. The maximum absolute atomic E-state index is 12.6. The van der Waals surface area contributed by atoms with Crippen molar-refractivity contribution in [3.63, 3.8) is 0 Å². The van der Waals surface area contributed by atoms with Crippen molar-refractivity contribution < 1.29 is 9.53 Å². The molecule has 1 unspecified atom stereocenters. The fourth-order valence-electron chi connectivity index (χ4n) is 3.15. The van der Waals surface area contributed by atoms with Gasteiger partial charge in [0.05, 0.1) is 18.7 Å². The first-order chi connectivity index (χ1) is 12.7. The number of benzene rings is 1. The highest BCUT2D eigenvalue weighted by molar-refractivity contribution is 6.30. The first kappa shape index (κ1) is 19.4. The molecule has 0 fully saturated rings. The first-order valence-electron chi connectivity index (χ1n) is 8.90. The molecule has 2 heterocycles. The molecule has 0 N–H and O–H groups in total. The molecule has 3 aromatic rings. The van der Waals surface area contributed by atoms with Crippen molar-refractivity contribution in [1.82, 2.24) is 14.6 Å². The topological polar surface area (TPSA) is 56.5 Å². The van der Waals surface area contributed by atoms with Crippen LogP contribution in [0.3, 0.4) is 0 Å². The average molecular weight is 386 g/mol. The van der Waals surface area contributed by atoms with Gasteiger partial charge in [0, 0.05) is 22.7 Å². The summed E-state index contributed by atoms with van der Waals surface area (Å²) in [5, 5.41) is 5.03. The summed E-state index contributed by atoms with van der Waals surface area (Å²) in [6.07, 6.45) is 0.481. The Hall–Kier alpha value is -2.40. The molecule has 6 heteroatoms. The molecule has 0 bridgehead atoms. The molecule has 0 saturated carbocycles. The summed E-state index contributed by atoms with van der Waals surface area (Å²) in [5.74, 6) is -0.891. The second-order valence-corrected chi connectivity index (χ2v) is 8.07. The van der Waals surface area contributed by atoms with Crippen molar-refractivity contribution in [2.24, 2.45) is 0 Å². The number of carbonyl (C=O) groups is 1. The van der Waals surface area contributed by atoms with Crippen molar-refractivity contribution in [2.45, 2.75) is 45.4 Å². The molecule has 0 saturated heterocycles. The average Bonchev–Trinajstić information content (AvgIpc) is 3.05. The number of fused-ring (bicyclic) bond motifs is 1. The van der Waals surface area contributed by atoms with Crippen LogP contribution < -0.4 is 0 Å². The number of esters is 1. The molecule has 27 heavy (non-hydrogen) atoms. The lowest BCUT2D eigenvalue weighted by atomic mass is 9.92. The van der Waals surface area contributed by atoms with Crippen LogP contribution in [0.25, 0.3) is 5.65 Å². The molecular weight excluding hydrogens is 362 g/mol. The molecule has 2 aromatic heterocycles. The summed E-state index contributed by atoms with van der Waals surface area (Å²) in [5.41, 5.74) is 3.83. The van der Waals surface area contributed by atoms with Crippen molar-refractivity contribution >= 4 is 23.2 Å². The van der Waals surface area contributed by atoms with Gasteiger partial charge in [-0.15, -0.1) is 0 Å². The van der Waals surface area contributed by atoms with E-state index in [1.807, 2.05) is 43.3 Å². The minimum absolute atomic E-state index is 0.128. The van der Waals surface area contributed by atoms with E-state index in [1.165, 1.54) is 7.11 Å². The van der Waals surface area contributed by atoms with Crippen LogP contribution in [0.4, 0.5) is 0 Å². The van der Waals surface area contributed by atoms with Crippen LogP contribution >= 0.6 is 11.6 Å². The van der Waals surface area contributed by atoms with E-state index in [0.29, 0.717) is 28.5 Å². The van der Waals surface area contributed by atoms with Gasteiger partial charge in [0.1, 0.15) is 5.15 Å². The predicted octanol–water partition coefficient (Wildman–Crippen LogP) is 4.49. The van der Waals surface area contributed by atoms with Crippen LogP contribution in [0.15, 0.2) is 36.4 Å². The Morgan fingerprint density at radius 1 is 1.26 bits per heavy atom. The van der Waals surface area contributed by atoms with Crippen molar-refractivity contribution in [2.75, 3.05) is 7.11 Å². The number of hydrogen-bond acceptors (Lipinski definition) is 4. The summed E-state index contributed by atoms with van der Waals surface area (Å²) in [6.45, 7) is 8.13. The lowest BCUT2D eigenvalue weighted by Gasteiger charge is -2.19. The molecule has 0 radical (unpaired) electrons. The van der Waals surface area contributed by atoms with Crippen LogP contribution in [0, 0.1) is 6.92 Å². The van der Waals surface area contributed by atoms with Gasteiger partial charge in [-0.2, -0.15) is 5.10 Å². The summed E-state index contributed by atoms with van der Waals surface area (Å²) in [6, 6.07) is 11.7. The third-order valence-electron chi connectivity index (χ3n) is 4.66. The van der Waals surface area contributed by atoms with Gasteiger partial charge in [0.15, 0.2) is 5.65 Å². The number of methoxy groups -OCH3 is 1. The van der Waals surface area contributed by atoms with E-state index in [2.05, 4.69) is 30.9 Å². The number of ether oxygens (including phenoxy) is 1. The number of nitrogens with zero attached hydrogens (tertiary/aromatic N) is 3. The molecule has 0 amide bonds. The van der Waals surface area contributed by atoms with Gasteiger partial charge in [-0.3, -0.25) is 4.79 Å². The van der Waals surface area contributed by atoms with Crippen LogP contribution in [0.5, 0.6) is 0 Å². The zero-order valence-corrected chi connectivity index (χ0v) is 17.0. The number of halogens is 1. The van der Waals surface area contributed by atoms with Crippen LogP contribution in [-0.4, -0.2) is 27.7 Å². The third-order valence-corrected chi connectivity index (χ3v) is 5.02. The van der Waals surface area contributed by atoms with Gasteiger partial charge >= 0.3 is 5.97 Å². The normalized spacial score (nSPS) is 13.0. The van der Waals surface area contributed by atoms with Gasteiger partial charge < -0.3 is 4.74 Å². The number of carbonyl (C=O) groups excluding carboxylic acids is 1. The van der Waals surface area contributed by atoms with Crippen molar-refractivity contribution in [3.8, 4) is 0 Å². The van der Waals surface area contributed by atoms with Crippen molar-refractivity contribution in [3.05, 3.63) is 64.1 Å². The Labute approximate surface area is 164 Å². The van der Waals surface area contributed by atoms with Gasteiger partial charge in [0.25, 0.3) is 0 Å². The van der Waals surface area contributed by atoms with E-state index < -0.39 is 5.92 Å². The monoisotopic (exact) mass is 385 g/mol. The fraction of sp³-hybridized carbons (Fsp3) is 0.381. The molecule has 0 aliphatic heterocycles. The third kappa shape index (κ3) is 3.83. The van der Waals surface area contributed by atoms with Crippen LogP contribution in [-0.2, 0) is 21.4 Å². The highest BCUT2D eigenvalue weighted by Crippen LogP contribution is 2.32. The van der Waals surface area contributed by atoms with Gasteiger partial charge in [-0.25, -0.2) is 9.50 Å². The molecule has 1 aromatic carbocycles. The van der Waals surface area contributed by atoms with E-state index in [9.17, 15) is 4.79 Å². The first-order valence-corrected chi connectivity index (χ1v) is 9.28. The van der Waals surface area contributed by atoms with E-state index >= 15 is 0 Å². The van der Waals surface area contributed by atoms with Crippen LogP contribution in [0.2, 0.25) is 5.15 Å². The van der Waals surface area contributed by atoms with Crippen molar-refractivity contribution in [1.29, 1.82) is 0 Å². The smallest absolute Gasteiger partial charge is 0.313 e. The zero-order chi connectivity index (χ0) is 19.8. The summed E-state index contributed by atoms with van der Waals surface area (Å²) >= 11 is 6.72. The SMILES string of the molecule is COC(=O)C(Cc1ccccc1)c1c(C)nc2cc(C(C)(C)C)nn2c1Cl. The number of rotatable bonds is 4. The van der Waals surface area contributed by atoms with Gasteiger partial charge in [-0.05, 0) is 18.9 Å².